The summed E-state index contributed by atoms with van der Waals surface area (Å²) in [6.45, 7) is 6.95. The minimum atomic E-state index is -0.837. The van der Waals surface area contributed by atoms with Gasteiger partial charge in [-0.05, 0) is 30.5 Å². The van der Waals surface area contributed by atoms with Crippen LogP contribution in [-0.4, -0.2) is 30.9 Å². The number of carboxylic acids is 1. The summed E-state index contributed by atoms with van der Waals surface area (Å²) in [5.74, 6) is -0.233. The van der Waals surface area contributed by atoms with Gasteiger partial charge in [-0.15, -0.1) is 6.58 Å². The van der Waals surface area contributed by atoms with Gasteiger partial charge in [0.2, 0.25) is 0 Å². The van der Waals surface area contributed by atoms with E-state index < -0.39 is 5.97 Å². The molecule has 0 bridgehead atoms. The molecule has 0 saturated heterocycles. The average molecular weight is 377 g/mol. The van der Waals surface area contributed by atoms with Crippen LogP contribution in [0.4, 0.5) is 0 Å². The van der Waals surface area contributed by atoms with Crippen molar-refractivity contribution in [2.24, 2.45) is 5.92 Å². The van der Waals surface area contributed by atoms with Crippen molar-refractivity contribution in [2.75, 3.05) is 19.8 Å². The van der Waals surface area contributed by atoms with Gasteiger partial charge in [0, 0.05) is 5.92 Å². The molecule has 1 atom stereocenters. The Morgan fingerprint density at radius 3 is 2.37 bits per heavy atom. The fourth-order valence-electron chi connectivity index (χ4n) is 2.98. The van der Waals surface area contributed by atoms with E-state index in [1.807, 2.05) is 12.1 Å². The van der Waals surface area contributed by atoms with Gasteiger partial charge < -0.3 is 14.6 Å². The van der Waals surface area contributed by atoms with Crippen molar-refractivity contribution in [1.82, 2.24) is 0 Å². The molecular formula is C23H36O4. The zero-order valence-corrected chi connectivity index (χ0v) is 16.8. The van der Waals surface area contributed by atoms with Crippen LogP contribution in [-0.2, 0) is 16.0 Å². The highest BCUT2D eigenvalue weighted by Gasteiger charge is 2.14. The molecule has 1 aromatic rings. The quantitative estimate of drug-likeness (QED) is 0.282. The third-order valence-corrected chi connectivity index (χ3v) is 4.53. The van der Waals surface area contributed by atoms with E-state index in [-0.39, 0.29) is 12.3 Å². The SMILES string of the molecule is C=CCOCC(COc1ccc(CCCCCCCCC)cc1)CC(=O)O. The Labute approximate surface area is 164 Å². The highest BCUT2D eigenvalue weighted by Crippen LogP contribution is 2.17. The summed E-state index contributed by atoms with van der Waals surface area (Å²) in [7, 11) is 0. The molecule has 4 heteroatoms. The Hall–Kier alpha value is -1.81. The second kappa shape index (κ2) is 15.3. The van der Waals surface area contributed by atoms with Gasteiger partial charge in [-0.3, -0.25) is 4.79 Å². The normalized spacial score (nSPS) is 11.9. The molecule has 152 valence electrons. The number of rotatable bonds is 17. The van der Waals surface area contributed by atoms with Crippen molar-refractivity contribution in [3.05, 3.63) is 42.5 Å². The molecular weight excluding hydrogens is 340 g/mol. The van der Waals surface area contributed by atoms with E-state index in [0.29, 0.717) is 19.8 Å². The smallest absolute Gasteiger partial charge is 0.303 e. The predicted molar refractivity (Wildman–Crippen MR) is 110 cm³/mol. The van der Waals surface area contributed by atoms with Gasteiger partial charge in [-0.25, -0.2) is 0 Å². The molecule has 1 N–H and O–H groups in total. The molecule has 27 heavy (non-hydrogen) atoms. The molecule has 0 heterocycles. The van der Waals surface area contributed by atoms with Gasteiger partial charge in [0.05, 0.1) is 26.2 Å². The number of hydrogen-bond donors (Lipinski definition) is 1. The lowest BCUT2D eigenvalue weighted by molar-refractivity contribution is -0.139. The Bertz CT molecular complexity index is 510. The van der Waals surface area contributed by atoms with Crippen LogP contribution in [0, 0.1) is 5.92 Å². The molecule has 0 amide bonds. The number of aryl methyl sites for hydroxylation is 1. The predicted octanol–water partition coefficient (Wildman–Crippen LogP) is 5.65. The van der Waals surface area contributed by atoms with E-state index in [2.05, 4.69) is 25.6 Å². The van der Waals surface area contributed by atoms with E-state index in [0.717, 1.165) is 12.2 Å². The maximum Gasteiger partial charge on any atom is 0.303 e. The molecule has 0 aliphatic rings. The second-order valence-corrected chi connectivity index (χ2v) is 7.12. The first-order valence-electron chi connectivity index (χ1n) is 10.3. The maximum absolute atomic E-state index is 11.0. The summed E-state index contributed by atoms with van der Waals surface area (Å²) >= 11 is 0. The first-order chi connectivity index (χ1) is 13.2. The Kier molecular flexibility index (Phi) is 13.1. The van der Waals surface area contributed by atoms with Crippen molar-refractivity contribution in [3.8, 4) is 5.75 Å². The van der Waals surface area contributed by atoms with E-state index in [1.54, 1.807) is 6.08 Å². The molecule has 1 rings (SSSR count). The lowest BCUT2D eigenvalue weighted by Gasteiger charge is -2.16. The van der Waals surface area contributed by atoms with Crippen molar-refractivity contribution in [3.63, 3.8) is 0 Å². The summed E-state index contributed by atoms with van der Waals surface area (Å²) < 4.78 is 11.1. The van der Waals surface area contributed by atoms with Gasteiger partial charge >= 0.3 is 5.97 Å². The molecule has 0 aromatic heterocycles. The molecule has 1 unspecified atom stereocenters. The number of hydrogen-bond acceptors (Lipinski definition) is 3. The van der Waals surface area contributed by atoms with Crippen LogP contribution in [0.1, 0.15) is 63.9 Å². The maximum atomic E-state index is 11.0. The zero-order chi connectivity index (χ0) is 19.7. The van der Waals surface area contributed by atoms with Gasteiger partial charge in [0.1, 0.15) is 5.75 Å². The number of carboxylic acid groups (broad SMARTS) is 1. The second-order valence-electron chi connectivity index (χ2n) is 7.12. The fourth-order valence-corrected chi connectivity index (χ4v) is 2.98. The van der Waals surface area contributed by atoms with E-state index in [1.165, 1.54) is 50.5 Å². The third kappa shape index (κ3) is 12.2. The minimum Gasteiger partial charge on any atom is -0.493 e. The molecule has 0 saturated carbocycles. The van der Waals surface area contributed by atoms with Crippen molar-refractivity contribution < 1.29 is 19.4 Å². The molecule has 4 nitrogen and oxygen atoms in total. The molecule has 0 aliphatic carbocycles. The summed E-state index contributed by atoms with van der Waals surface area (Å²) in [5, 5.41) is 9.01. The number of benzene rings is 1. The zero-order valence-electron chi connectivity index (χ0n) is 16.8. The molecule has 0 fully saturated rings. The number of ether oxygens (including phenoxy) is 2. The molecule has 0 spiro atoms. The van der Waals surface area contributed by atoms with E-state index in [9.17, 15) is 4.79 Å². The Morgan fingerprint density at radius 1 is 1.07 bits per heavy atom. The largest absolute Gasteiger partial charge is 0.493 e. The van der Waals surface area contributed by atoms with Crippen LogP contribution in [0.2, 0.25) is 0 Å². The van der Waals surface area contributed by atoms with Gasteiger partial charge in [-0.1, -0.05) is 63.7 Å². The van der Waals surface area contributed by atoms with Gasteiger partial charge in [0.15, 0.2) is 0 Å². The van der Waals surface area contributed by atoms with Crippen LogP contribution in [0.3, 0.4) is 0 Å². The number of carbonyl (C=O) groups is 1. The molecule has 0 radical (unpaired) electrons. The lowest BCUT2D eigenvalue weighted by Crippen LogP contribution is -2.21. The first-order valence-corrected chi connectivity index (χ1v) is 10.3. The molecule has 0 aliphatic heterocycles. The van der Waals surface area contributed by atoms with Gasteiger partial charge in [0.25, 0.3) is 0 Å². The summed E-state index contributed by atoms with van der Waals surface area (Å²) in [4.78, 5) is 11.0. The Balaban J connectivity index is 2.28. The lowest BCUT2D eigenvalue weighted by atomic mass is 10.0. The summed E-state index contributed by atoms with van der Waals surface area (Å²) in [6.07, 6.45) is 12.0. The topological polar surface area (TPSA) is 55.8 Å². The highest BCUT2D eigenvalue weighted by atomic mass is 16.5. The average Bonchev–Trinajstić information content (AvgIpc) is 2.66. The van der Waals surface area contributed by atoms with E-state index >= 15 is 0 Å². The third-order valence-electron chi connectivity index (χ3n) is 4.53. The van der Waals surface area contributed by atoms with Crippen LogP contribution in [0.25, 0.3) is 0 Å². The molecule has 1 aromatic carbocycles. The van der Waals surface area contributed by atoms with Crippen molar-refractivity contribution >= 4 is 5.97 Å². The number of unbranched alkanes of at least 4 members (excludes halogenated alkanes) is 6. The Morgan fingerprint density at radius 2 is 1.74 bits per heavy atom. The number of aliphatic carboxylic acids is 1. The minimum absolute atomic E-state index is 0.0352. The van der Waals surface area contributed by atoms with Gasteiger partial charge in [-0.2, -0.15) is 0 Å². The fraction of sp³-hybridized carbons (Fsp3) is 0.609. The monoisotopic (exact) mass is 376 g/mol. The van der Waals surface area contributed by atoms with E-state index in [4.69, 9.17) is 14.6 Å². The standard InChI is InChI=1S/C23H36O4/c1-3-5-6-7-8-9-10-11-20-12-14-22(15-13-20)27-19-21(17-23(24)25)18-26-16-4-2/h4,12-15,21H,2-3,5-11,16-19H2,1H3,(H,24,25). The first kappa shape index (κ1) is 23.2. The highest BCUT2D eigenvalue weighted by molar-refractivity contribution is 5.67. The van der Waals surface area contributed by atoms with Crippen molar-refractivity contribution in [1.29, 1.82) is 0 Å². The van der Waals surface area contributed by atoms with Crippen LogP contribution in [0.15, 0.2) is 36.9 Å². The van der Waals surface area contributed by atoms with Crippen LogP contribution >= 0.6 is 0 Å². The van der Waals surface area contributed by atoms with Crippen LogP contribution in [0.5, 0.6) is 5.75 Å². The summed E-state index contributed by atoms with van der Waals surface area (Å²) in [5.41, 5.74) is 1.33. The van der Waals surface area contributed by atoms with Crippen molar-refractivity contribution in [2.45, 2.75) is 64.7 Å². The van der Waals surface area contributed by atoms with Crippen LogP contribution < -0.4 is 4.74 Å². The summed E-state index contributed by atoms with van der Waals surface area (Å²) in [6, 6.07) is 8.15.